The maximum atomic E-state index is 11.7. The Morgan fingerprint density at radius 1 is 1.04 bits per heavy atom. The molecule has 4 N–H and O–H groups in total. The highest BCUT2D eigenvalue weighted by Gasteiger charge is 2.14. The lowest BCUT2D eigenvalue weighted by Crippen LogP contribution is -2.35. The fourth-order valence-electron chi connectivity index (χ4n) is 1.67. The minimum Gasteiger partial charge on any atom is -0.342 e. The Morgan fingerprint density at radius 2 is 1.74 bits per heavy atom. The fourth-order valence-corrected chi connectivity index (χ4v) is 2.19. The summed E-state index contributed by atoms with van der Waals surface area (Å²) in [4.78, 5) is 27.3. The highest BCUT2D eigenvalue weighted by atomic mass is 32.2. The van der Waals surface area contributed by atoms with E-state index in [0.29, 0.717) is 5.69 Å². The lowest BCUT2D eigenvalue weighted by atomic mass is 10.3. The van der Waals surface area contributed by atoms with Crippen LogP contribution in [0.5, 0.6) is 0 Å². The van der Waals surface area contributed by atoms with E-state index in [1.54, 1.807) is 24.4 Å². The number of carbonyl (C=O) groups is 2. The predicted octanol–water partition coefficient (Wildman–Crippen LogP) is -0.0161. The van der Waals surface area contributed by atoms with Crippen molar-refractivity contribution in [2.75, 3.05) is 5.32 Å². The molecule has 0 saturated heterocycles. The molecule has 120 valence electrons. The fraction of sp³-hybridized carbons (Fsp3) is 0.0714. The van der Waals surface area contributed by atoms with Gasteiger partial charge in [-0.05, 0) is 36.4 Å². The monoisotopic (exact) mass is 334 g/mol. The number of carbonyl (C=O) groups excluding carboxylic acids is 2. The Labute approximate surface area is 132 Å². The summed E-state index contributed by atoms with van der Waals surface area (Å²) >= 11 is 0. The molecule has 0 spiro atoms. The Balaban J connectivity index is 1.92. The minimum absolute atomic E-state index is 0.0879. The predicted molar refractivity (Wildman–Crippen MR) is 82.5 cm³/mol. The molecule has 0 atom stereocenters. The summed E-state index contributed by atoms with van der Waals surface area (Å²) in [5.74, 6) is -1.70. The third-order valence-corrected chi connectivity index (χ3v) is 3.73. The van der Waals surface area contributed by atoms with E-state index < -0.39 is 21.8 Å². The maximum absolute atomic E-state index is 11.7. The summed E-state index contributed by atoms with van der Waals surface area (Å²) < 4.78 is 22.2. The highest BCUT2D eigenvalue weighted by Crippen LogP contribution is 2.12. The SMILES string of the molecule is NS(=O)(=O)c1ccc(NC(=O)C(=O)NCc2ccccn2)cc1. The zero-order chi connectivity index (χ0) is 16.9. The van der Waals surface area contributed by atoms with E-state index in [-0.39, 0.29) is 17.1 Å². The molecule has 9 heteroatoms. The molecule has 8 nitrogen and oxygen atoms in total. The van der Waals surface area contributed by atoms with Gasteiger partial charge < -0.3 is 10.6 Å². The zero-order valence-corrected chi connectivity index (χ0v) is 12.7. The molecule has 1 heterocycles. The van der Waals surface area contributed by atoms with Crippen LogP contribution in [0.2, 0.25) is 0 Å². The summed E-state index contributed by atoms with van der Waals surface area (Å²) in [7, 11) is -3.80. The molecule has 0 bridgehead atoms. The van der Waals surface area contributed by atoms with Crippen molar-refractivity contribution in [3.05, 3.63) is 54.4 Å². The number of amides is 2. The van der Waals surface area contributed by atoms with Crippen molar-refractivity contribution >= 4 is 27.5 Å². The van der Waals surface area contributed by atoms with Crippen LogP contribution in [0.25, 0.3) is 0 Å². The second-order valence-corrected chi connectivity index (χ2v) is 6.09. The number of rotatable bonds is 4. The van der Waals surface area contributed by atoms with Crippen molar-refractivity contribution in [3.8, 4) is 0 Å². The summed E-state index contributed by atoms with van der Waals surface area (Å²) in [6.07, 6.45) is 1.58. The van der Waals surface area contributed by atoms with E-state index in [1.807, 2.05) is 0 Å². The van der Waals surface area contributed by atoms with Crippen LogP contribution in [0.15, 0.2) is 53.6 Å². The zero-order valence-electron chi connectivity index (χ0n) is 11.9. The Hall–Kier alpha value is -2.78. The van der Waals surface area contributed by atoms with Gasteiger partial charge in [-0.15, -0.1) is 0 Å². The van der Waals surface area contributed by atoms with Gasteiger partial charge in [0.05, 0.1) is 17.1 Å². The number of hydrogen-bond donors (Lipinski definition) is 3. The number of nitrogens with two attached hydrogens (primary N) is 1. The Morgan fingerprint density at radius 3 is 2.30 bits per heavy atom. The van der Waals surface area contributed by atoms with Crippen LogP contribution in [0.1, 0.15) is 5.69 Å². The van der Waals surface area contributed by atoms with Gasteiger partial charge in [-0.1, -0.05) is 6.07 Å². The number of aromatic nitrogens is 1. The molecular weight excluding hydrogens is 320 g/mol. The van der Waals surface area contributed by atoms with Crippen molar-refractivity contribution in [1.82, 2.24) is 10.3 Å². The quantitative estimate of drug-likeness (QED) is 0.676. The number of sulfonamides is 1. The van der Waals surface area contributed by atoms with E-state index >= 15 is 0 Å². The second kappa shape index (κ2) is 6.99. The van der Waals surface area contributed by atoms with Gasteiger partial charge in [-0.2, -0.15) is 0 Å². The van der Waals surface area contributed by atoms with Crippen LogP contribution in [0, 0.1) is 0 Å². The first-order valence-electron chi connectivity index (χ1n) is 6.48. The summed E-state index contributed by atoms with van der Waals surface area (Å²) in [5, 5.41) is 9.74. The topological polar surface area (TPSA) is 131 Å². The van der Waals surface area contributed by atoms with Crippen LogP contribution in [0.4, 0.5) is 5.69 Å². The Bertz CT molecular complexity index is 804. The number of pyridine rings is 1. The van der Waals surface area contributed by atoms with Gasteiger partial charge in [-0.3, -0.25) is 14.6 Å². The van der Waals surface area contributed by atoms with Crippen LogP contribution < -0.4 is 15.8 Å². The first-order valence-corrected chi connectivity index (χ1v) is 8.03. The average Bonchev–Trinajstić information content (AvgIpc) is 2.53. The van der Waals surface area contributed by atoms with Gasteiger partial charge in [0.1, 0.15) is 0 Å². The van der Waals surface area contributed by atoms with Crippen molar-refractivity contribution in [2.45, 2.75) is 11.4 Å². The van der Waals surface area contributed by atoms with E-state index in [1.165, 1.54) is 24.3 Å². The molecule has 0 radical (unpaired) electrons. The standard InChI is InChI=1S/C14H14N4O4S/c15-23(21,22)12-6-4-10(5-7-12)18-14(20)13(19)17-9-11-3-1-2-8-16-11/h1-8H,9H2,(H,17,19)(H,18,20)(H2,15,21,22). The van der Waals surface area contributed by atoms with Gasteiger partial charge >= 0.3 is 11.8 Å². The van der Waals surface area contributed by atoms with E-state index in [9.17, 15) is 18.0 Å². The maximum Gasteiger partial charge on any atom is 0.313 e. The number of nitrogens with zero attached hydrogens (tertiary/aromatic N) is 1. The molecule has 0 fully saturated rings. The molecule has 2 aromatic rings. The lowest BCUT2D eigenvalue weighted by Gasteiger charge is -2.07. The first kappa shape index (κ1) is 16.6. The first-order chi connectivity index (χ1) is 10.9. The van der Waals surface area contributed by atoms with Crippen molar-refractivity contribution in [1.29, 1.82) is 0 Å². The second-order valence-electron chi connectivity index (χ2n) is 4.53. The van der Waals surface area contributed by atoms with Crippen molar-refractivity contribution in [2.24, 2.45) is 5.14 Å². The molecule has 1 aromatic heterocycles. The molecular formula is C14H14N4O4S. The van der Waals surface area contributed by atoms with Gasteiger partial charge in [-0.25, -0.2) is 13.6 Å². The van der Waals surface area contributed by atoms with Gasteiger partial charge in [0, 0.05) is 11.9 Å². The third kappa shape index (κ3) is 4.87. The molecule has 2 amide bonds. The highest BCUT2D eigenvalue weighted by molar-refractivity contribution is 7.89. The number of benzene rings is 1. The number of anilines is 1. The summed E-state index contributed by atoms with van der Waals surface area (Å²) in [6.45, 7) is 0.122. The molecule has 0 unspecified atom stereocenters. The van der Waals surface area contributed by atoms with E-state index in [2.05, 4.69) is 15.6 Å². The lowest BCUT2D eigenvalue weighted by molar-refractivity contribution is -0.136. The molecule has 0 aliphatic carbocycles. The smallest absolute Gasteiger partial charge is 0.313 e. The van der Waals surface area contributed by atoms with Crippen LogP contribution in [0.3, 0.4) is 0 Å². The molecule has 0 saturated carbocycles. The van der Waals surface area contributed by atoms with Crippen LogP contribution in [-0.4, -0.2) is 25.2 Å². The molecule has 0 aliphatic heterocycles. The van der Waals surface area contributed by atoms with E-state index in [4.69, 9.17) is 5.14 Å². The normalized spacial score (nSPS) is 10.8. The Kier molecular flexibility index (Phi) is 5.04. The average molecular weight is 334 g/mol. The van der Waals surface area contributed by atoms with E-state index in [0.717, 1.165) is 0 Å². The van der Waals surface area contributed by atoms with Crippen LogP contribution in [-0.2, 0) is 26.2 Å². The van der Waals surface area contributed by atoms with Gasteiger partial charge in [0.25, 0.3) is 0 Å². The summed E-state index contributed by atoms with van der Waals surface area (Å²) in [6, 6.07) is 10.4. The molecule has 1 aromatic carbocycles. The van der Waals surface area contributed by atoms with Crippen molar-refractivity contribution in [3.63, 3.8) is 0 Å². The molecule has 23 heavy (non-hydrogen) atoms. The molecule has 0 aliphatic rings. The number of primary sulfonamides is 1. The van der Waals surface area contributed by atoms with Crippen molar-refractivity contribution < 1.29 is 18.0 Å². The molecule has 2 rings (SSSR count). The minimum atomic E-state index is -3.80. The third-order valence-electron chi connectivity index (χ3n) is 2.80. The van der Waals surface area contributed by atoms with Crippen LogP contribution >= 0.6 is 0 Å². The van der Waals surface area contributed by atoms with Gasteiger partial charge in [0.15, 0.2) is 0 Å². The van der Waals surface area contributed by atoms with Gasteiger partial charge in [0.2, 0.25) is 10.0 Å². The number of nitrogens with one attached hydrogen (secondary N) is 2. The summed E-state index contributed by atoms with van der Waals surface area (Å²) in [5.41, 5.74) is 0.890. The largest absolute Gasteiger partial charge is 0.342 e. The number of hydrogen-bond acceptors (Lipinski definition) is 5.